The van der Waals surface area contributed by atoms with Gasteiger partial charge in [0.15, 0.2) is 0 Å². The first kappa shape index (κ1) is 18.7. The summed E-state index contributed by atoms with van der Waals surface area (Å²) in [5.74, 6) is 0.504. The molecule has 1 amide bonds. The smallest absolute Gasteiger partial charge is 0.262 e. The SMILES string of the molecule is COc1ccc(-n2cc(C(=O)NCCN(C)C)c3ccccc3c2=O)cc1. The molecule has 1 aromatic heterocycles. The van der Waals surface area contributed by atoms with Crippen LogP contribution in [0.1, 0.15) is 10.4 Å². The summed E-state index contributed by atoms with van der Waals surface area (Å²) in [5.41, 5.74) is 0.981. The van der Waals surface area contributed by atoms with Gasteiger partial charge in [0.05, 0.1) is 12.7 Å². The van der Waals surface area contributed by atoms with Crippen LogP contribution < -0.4 is 15.6 Å². The lowest BCUT2D eigenvalue weighted by Crippen LogP contribution is -2.32. The number of pyridine rings is 1. The maximum absolute atomic E-state index is 13.0. The summed E-state index contributed by atoms with van der Waals surface area (Å²) >= 11 is 0. The first-order chi connectivity index (χ1) is 13.0. The summed E-state index contributed by atoms with van der Waals surface area (Å²) in [6.45, 7) is 1.27. The molecule has 6 heteroatoms. The first-order valence-corrected chi connectivity index (χ1v) is 8.73. The summed E-state index contributed by atoms with van der Waals surface area (Å²) in [5, 5.41) is 4.08. The second-order valence-corrected chi connectivity index (χ2v) is 6.52. The highest BCUT2D eigenvalue weighted by molar-refractivity contribution is 6.06. The van der Waals surface area contributed by atoms with Gasteiger partial charge >= 0.3 is 0 Å². The predicted octanol–water partition coefficient (Wildman–Crippen LogP) is 2.29. The Morgan fingerprint density at radius 3 is 2.37 bits per heavy atom. The lowest BCUT2D eigenvalue weighted by Gasteiger charge is -2.14. The number of rotatable bonds is 6. The van der Waals surface area contributed by atoms with Crippen molar-refractivity contribution >= 4 is 16.7 Å². The van der Waals surface area contributed by atoms with Crippen LogP contribution in [0.4, 0.5) is 0 Å². The van der Waals surface area contributed by atoms with Gasteiger partial charge in [-0.1, -0.05) is 18.2 Å². The summed E-state index contributed by atoms with van der Waals surface area (Å²) in [6, 6.07) is 14.3. The molecule has 0 fully saturated rings. The zero-order valence-corrected chi connectivity index (χ0v) is 15.7. The number of nitrogens with one attached hydrogen (secondary N) is 1. The molecule has 27 heavy (non-hydrogen) atoms. The summed E-state index contributed by atoms with van der Waals surface area (Å²) in [7, 11) is 5.49. The van der Waals surface area contributed by atoms with Crippen LogP contribution in [0.2, 0.25) is 0 Å². The Bertz CT molecular complexity index is 1010. The van der Waals surface area contributed by atoms with Crippen molar-refractivity contribution in [3.63, 3.8) is 0 Å². The number of fused-ring (bicyclic) bond motifs is 1. The van der Waals surface area contributed by atoms with Gasteiger partial charge < -0.3 is 15.0 Å². The molecule has 1 N–H and O–H groups in total. The number of hydrogen-bond acceptors (Lipinski definition) is 4. The van der Waals surface area contributed by atoms with E-state index in [-0.39, 0.29) is 11.5 Å². The topological polar surface area (TPSA) is 63.6 Å². The van der Waals surface area contributed by atoms with Crippen LogP contribution in [0, 0.1) is 0 Å². The fraction of sp³-hybridized carbons (Fsp3) is 0.238. The van der Waals surface area contributed by atoms with Crippen LogP contribution >= 0.6 is 0 Å². The second-order valence-electron chi connectivity index (χ2n) is 6.52. The Balaban J connectivity index is 2.08. The molecule has 0 aliphatic heterocycles. The van der Waals surface area contributed by atoms with E-state index in [1.807, 2.05) is 25.1 Å². The molecule has 6 nitrogen and oxygen atoms in total. The van der Waals surface area contributed by atoms with Crippen LogP contribution in [-0.4, -0.2) is 49.7 Å². The highest BCUT2D eigenvalue weighted by atomic mass is 16.5. The Morgan fingerprint density at radius 2 is 1.74 bits per heavy atom. The number of carbonyl (C=O) groups excluding carboxylic acids is 1. The van der Waals surface area contributed by atoms with Crippen molar-refractivity contribution in [3.05, 3.63) is 70.6 Å². The largest absolute Gasteiger partial charge is 0.497 e. The van der Waals surface area contributed by atoms with Gasteiger partial charge in [-0.25, -0.2) is 0 Å². The van der Waals surface area contributed by atoms with E-state index in [2.05, 4.69) is 5.32 Å². The van der Waals surface area contributed by atoms with Crippen molar-refractivity contribution in [1.29, 1.82) is 0 Å². The van der Waals surface area contributed by atoms with Crippen LogP contribution in [0.5, 0.6) is 5.75 Å². The summed E-state index contributed by atoms with van der Waals surface area (Å²) in [6.07, 6.45) is 1.61. The van der Waals surface area contributed by atoms with Crippen LogP contribution in [0.25, 0.3) is 16.5 Å². The molecule has 0 saturated carbocycles. The molecular formula is C21H23N3O3. The van der Waals surface area contributed by atoms with Crippen molar-refractivity contribution in [2.45, 2.75) is 0 Å². The quantitative estimate of drug-likeness (QED) is 0.728. The van der Waals surface area contributed by atoms with E-state index in [9.17, 15) is 9.59 Å². The minimum Gasteiger partial charge on any atom is -0.497 e. The summed E-state index contributed by atoms with van der Waals surface area (Å²) < 4.78 is 6.68. The zero-order valence-electron chi connectivity index (χ0n) is 15.7. The minimum atomic E-state index is -0.199. The van der Waals surface area contributed by atoms with Crippen LogP contribution in [0.15, 0.2) is 59.5 Å². The van der Waals surface area contributed by atoms with E-state index >= 15 is 0 Å². The molecule has 2 aromatic carbocycles. The third-order valence-electron chi connectivity index (χ3n) is 4.36. The molecule has 0 aliphatic rings. The maximum atomic E-state index is 13.0. The predicted molar refractivity (Wildman–Crippen MR) is 107 cm³/mol. The number of carbonyl (C=O) groups is 1. The lowest BCUT2D eigenvalue weighted by atomic mass is 10.1. The van der Waals surface area contributed by atoms with Gasteiger partial charge in [0.2, 0.25) is 0 Å². The van der Waals surface area contributed by atoms with Crippen molar-refractivity contribution in [3.8, 4) is 11.4 Å². The second kappa shape index (κ2) is 8.05. The Kier molecular flexibility index (Phi) is 5.57. The average molecular weight is 365 g/mol. The van der Waals surface area contributed by atoms with E-state index in [0.717, 1.165) is 6.54 Å². The molecule has 1 heterocycles. The van der Waals surface area contributed by atoms with Gasteiger partial charge in [-0.05, 0) is 44.4 Å². The van der Waals surface area contributed by atoms with Crippen molar-refractivity contribution in [1.82, 2.24) is 14.8 Å². The number of amides is 1. The van der Waals surface area contributed by atoms with E-state index in [0.29, 0.717) is 34.3 Å². The number of hydrogen-bond donors (Lipinski definition) is 1. The summed E-state index contributed by atoms with van der Waals surface area (Å²) in [4.78, 5) is 27.7. The number of nitrogens with zero attached hydrogens (tertiary/aromatic N) is 2. The fourth-order valence-corrected chi connectivity index (χ4v) is 2.90. The Labute approximate surface area is 158 Å². The maximum Gasteiger partial charge on any atom is 0.262 e. The molecule has 0 unspecified atom stereocenters. The van der Waals surface area contributed by atoms with E-state index in [1.54, 1.807) is 55.8 Å². The van der Waals surface area contributed by atoms with Gasteiger partial charge in [0.25, 0.3) is 11.5 Å². The van der Waals surface area contributed by atoms with Crippen LogP contribution in [0.3, 0.4) is 0 Å². The van der Waals surface area contributed by atoms with E-state index in [4.69, 9.17) is 4.74 Å². The van der Waals surface area contributed by atoms with Crippen molar-refractivity contribution in [2.24, 2.45) is 0 Å². The van der Waals surface area contributed by atoms with Gasteiger partial charge in [0.1, 0.15) is 5.75 Å². The number of likely N-dealkylation sites (N-methyl/N-ethyl adjacent to an activating group) is 1. The molecule has 0 radical (unpaired) electrons. The number of aromatic nitrogens is 1. The van der Waals surface area contributed by atoms with Gasteiger partial charge in [-0.3, -0.25) is 14.2 Å². The van der Waals surface area contributed by atoms with E-state index < -0.39 is 0 Å². The lowest BCUT2D eigenvalue weighted by molar-refractivity contribution is 0.0952. The third-order valence-corrected chi connectivity index (χ3v) is 4.36. The number of methoxy groups -OCH3 is 1. The normalized spacial score (nSPS) is 11.0. The van der Waals surface area contributed by atoms with Crippen molar-refractivity contribution < 1.29 is 9.53 Å². The third kappa shape index (κ3) is 4.01. The minimum absolute atomic E-state index is 0.166. The van der Waals surface area contributed by atoms with Crippen LogP contribution in [-0.2, 0) is 0 Å². The molecular weight excluding hydrogens is 342 g/mol. The molecule has 0 spiro atoms. The monoisotopic (exact) mass is 365 g/mol. The highest BCUT2D eigenvalue weighted by Crippen LogP contribution is 2.19. The molecule has 0 saturated heterocycles. The molecule has 0 atom stereocenters. The molecule has 0 bridgehead atoms. The van der Waals surface area contributed by atoms with Gasteiger partial charge in [0, 0.05) is 35.7 Å². The molecule has 0 aliphatic carbocycles. The molecule has 3 rings (SSSR count). The molecule has 3 aromatic rings. The first-order valence-electron chi connectivity index (χ1n) is 8.73. The van der Waals surface area contributed by atoms with E-state index in [1.165, 1.54) is 4.57 Å². The molecule has 140 valence electrons. The zero-order chi connectivity index (χ0) is 19.4. The fourth-order valence-electron chi connectivity index (χ4n) is 2.90. The number of ether oxygens (including phenoxy) is 1. The number of benzene rings is 2. The van der Waals surface area contributed by atoms with Gasteiger partial charge in [-0.15, -0.1) is 0 Å². The van der Waals surface area contributed by atoms with Crippen molar-refractivity contribution in [2.75, 3.05) is 34.3 Å². The standard InChI is InChI=1S/C21H23N3O3/c1-23(2)13-12-22-20(25)19-14-24(15-8-10-16(27-3)11-9-15)21(26)18-7-5-4-6-17(18)19/h4-11,14H,12-13H2,1-3H3,(H,22,25). The Morgan fingerprint density at radius 1 is 1.07 bits per heavy atom. The Hall–Kier alpha value is -3.12. The van der Waals surface area contributed by atoms with Gasteiger partial charge in [-0.2, -0.15) is 0 Å². The highest BCUT2D eigenvalue weighted by Gasteiger charge is 2.15. The average Bonchev–Trinajstić information content (AvgIpc) is 2.68.